The summed E-state index contributed by atoms with van der Waals surface area (Å²) in [6, 6.07) is 5.17. The zero-order chi connectivity index (χ0) is 13.6. The first-order valence-electron chi connectivity index (χ1n) is 7.04. The second kappa shape index (κ2) is 4.53. The first-order valence-corrected chi connectivity index (χ1v) is 7.04. The van der Waals surface area contributed by atoms with Gasteiger partial charge in [0.25, 0.3) is 0 Å². The lowest BCUT2D eigenvalue weighted by molar-refractivity contribution is 0.279. The molecule has 2 heteroatoms. The summed E-state index contributed by atoms with van der Waals surface area (Å²) in [7, 11) is 2.20. The van der Waals surface area contributed by atoms with E-state index in [0.717, 1.165) is 13.0 Å². The summed E-state index contributed by atoms with van der Waals surface area (Å²) < 4.78 is 0. The number of rotatable bonds is 1. The third-order valence-electron chi connectivity index (χ3n) is 4.37. The summed E-state index contributed by atoms with van der Waals surface area (Å²) in [4.78, 5) is 5.85. The van der Waals surface area contributed by atoms with E-state index in [-0.39, 0.29) is 0 Å². The zero-order valence-electron chi connectivity index (χ0n) is 12.2. The Kier molecular flexibility index (Phi) is 2.98. The molecule has 0 fully saturated rings. The van der Waals surface area contributed by atoms with Crippen LogP contribution in [0.1, 0.15) is 30.0 Å². The minimum atomic E-state index is 0.621. The highest BCUT2D eigenvalue weighted by atomic mass is 15.1. The SMILES string of the molecule is Cc1cc(C)c2[nH]cc(C3=CCN(C)C(C)C3)c2c1. The Morgan fingerprint density at radius 2 is 2.05 bits per heavy atom. The number of hydrogen-bond acceptors (Lipinski definition) is 1. The van der Waals surface area contributed by atoms with Gasteiger partial charge in [0.15, 0.2) is 0 Å². The van der Waals surface area contributed by atoms with Crippen molar-refractivity contribution in [2.45, 2.75) is 33.2 Å². The molecule has 0 radical (unpaired) electrons. The van der Waals surface area contributed by atoms with Gasteiger partial charge in [-0.05, 0) is 51.4 Å². The van der Waals surface area contributed by atoms with Gasteiger partial charge in [-0.15, -0.1) is 0 Å². The molecule has 0 saturated carbocycles. The molecule has 19 heavy (non-hydrogen) atoms. The molecule has 0 spiro atoms. The predicted octanol–water partition coefficient (Wildman–Crippen LogP) is 3.89. The molecule has 2 aromatic rings. The minimum Gasteiger partial charge on any atom is -0.360 e. The van der Waals surface area contributed by atoms with Gasteiger partial charge >= 0.3 is 0 Å². The van der Waals surface area contributed by atoms with Crippen LogP contribution >= 0.6 is 0 Å². The van der Waals surface area contributed by atoms with E-state index in [1.807, 2.05) is 0 Å². The number of H-pyrrole nitrogens is 1. The summed E-state index contributed by atoms with van der Waals surface area (Å²) in [6.07, 6.45) is 5.69. The normalized spacial score (nSPS) is 20.8. The minimum absolute atomic E-state index is 0.621. The van der Waals surface area contributed by atoms with Gasteiger partial charge in [0.05, 0.1) is 0 Å². The second-order valence-corrected chi connectivity index (χ2v) is 5.93. The van der Waals surface area contributed by atoms with Crippen LogP contribution in [0, 0.1) is 13.8 Å². The number of aromatic nitrogens is 1. The molecule has 1 aromatic heterocycles. The molecule has 1 unspecified atom stereocenters. The van der Waals surface area contributed by atoms with Crippen LogP contribution in [-0.4, -0.2) is 29.5 Å². The molecular weight excluding hydrogens is 232 g/mol. The van der Waals surface area contributed by atoms with Crippen molar-refractivity contribution in [2.75, 3.05) is 13.6 Å². The van der Waals surface area contributed by atoms with Crippen LogP contribution in [0.3, 0.4) is 0 Å². The van der Waals surface area contributed by atoms with Crippen LogP contribution in [0.15, 0.2) is 24.4 Å². The molecule has 2 nitrogen and oxygen atoms in total. The fourth-order valence-corrected chi connectivity index (χ4v) is 3.07. The Bertz CT molecular complexity index is 649. The van der Waals surface area contributed by atoms with Crippen LogP contribution in [0.25, 0.3) is 16.5 Å². The summed E-state index contributed by atoms with van der Waals surface area (Å²) in [5.41, 5.74) is 6.84. The summed E-state index contributed by atoms with van der Waals surface area (Å²) in [5.74, 6) is 0. The van der Waals surface area contributed by atoms with Crippen molar-refractivity contribution in [2.24, 2.45) is 0 Å². The predicted molar refractivity (Wildman–Crippen MR) is 82.5 cm³/mol. The summed E-state index contributed by atoms with van der Waals surface area (Å²) in [5, 5.41) is 1.38. The van der Waals surface area contributed by atoms with Crippen molar-refractivity contribution in [3.8, 4) is 0 Å². The largest absolute Gasteiger partial charge is 0.360 e. The van der Waals surface area contributed by atoms with Crippen molar-refractivity contribution < 1.29 is 0 Å². The number of hydrogen-bond donors (Lipinski definition) is 1. The smallest absolute Gasteiger partial charge is 0.0490 e. The van der Waals surface area contributed by atoms with Crippen LogP contribution in [0.5, 0.6) is 0 Å². The summed E-state index contributed by atoms with van der Waals surface area (Å²) in [6.45, 7) is 7.71. The Labute approximate surface area is 115 Å². The van der Waals surface area contributed by atoms with E-state index in [9.17, 15) is 0 Å². The summed E-state index contributed by atoms with van der Waals surface area (Å²) >= 11 is 0. The number of aryl methyl sites for hydroxylation is 2. The second-order valence-electron chi connectivity index (χ2n) is 5.93. The lowest BCUT2D eigenvalue weighted by Crippen LogP contribution is -2.32. The number of benzene rings is 1. The third-order valence-corrected chi connectivity index (χ3v) is 4.37. The van der Waals surface area contributed by atoms with E-state index in [2.05, 4.69) is 62.1 Å². The Morgan fingerprint density at radius 3 is 2.79 bits per heavy atom. The number of aromatic amines is 1. The van der Waals surface area contributed by atoms with E-state index in [0.29, 0.717) is 6.04 Å². The maximum absolute atomic E-state index is 3.45. The van der Waals surface area contributed by atoms with Gasteiger partial charge in [-0.2, -0.15) is 0 Å². The average Bonchev–Trinajstić information content (AvgIpc) is 2.76. The molecule has 100 valence electrons. The highest BCUT2D eigenvalue weighted by Crippen LogP contribution is 2.32. The molecule has 0 bridgehead atoms. The van der Waals surface area contributed by atoms with Crippen molar-refractivity contribution >= 4 is 16.5 Å². The highest BCUT2D eigenvalue weighted by Gasteiger charge is 2.19. The van der Waals surface area contributed by atoms with Gasteiger partial charge in [0.2, 0.25) is 0 Å². The number of likely N-dealkylation sites (N-methyl/N-ethyl adjacent to an activating group) is 1. The van der Waals surface area contributed by atoms with Crippen LogP contribution in [-0.2, 0) is 0 Å². The maximum Gasteiger partial charge on any atom is 0.0490 e. The topological polar surface area (TPSA) is 19.0 Å². The first-order chi connectivity index (χ1) is 9.06. The molecule has 1 aromatic carbocycles. The molecule has 3 rings (SSSR count). The standard InChI is InChI=1S/C17H22N2/c1-11-7-12(2)17-15(8-11)16(10-18-17)14-5-6-19(4)13(3)9-14/h5,7-8,10,13,18H,6,9H2,1-4H3. The fraction of sp³-hybridized carbons (Fsp3) is 0.412. The molecule has 0 amide bonds. The molecular formula is C17H22N2. The first kappa shape index (κ1) is 12.5. The maximum atomic E-state index is 3.45. The van der Waals surface area contributed by atoms with Crippen molar-refractivity contribution in [3.63, 3.8) is 0 Å². The Hall–Kier alpha value is -1.54. The van der Waals surface area contributed by atoms with Gasteiger partial charge in [-0.25, -0.2) is 0 Å². The van der Waals surface area contributed by atoms with Crippen molar-refractivity contribution in [1.82, 2.24) is 9.88 Å². The van der Waals surface area contributed by atoms with Crippen molar-refractivity contribution in [1.29, 1.82) is 0 Å². The van der Waals surface area contributed by atoms with Gasteiger partial charge < -0.3 is 4.98 Å². The molecule has 1 atom stereocenters. The molecule has 0 aliphatic carbocycles. The van der Waals surface area contributed by atoms with Crippen molar-refractivity contribution in [3.05, 3.63) is 41.1 Å². The zero-order valence-corrected chi connectivity index (χ0v) is 12.2. The van der Waals surface area contributed by atoms with E-state index in [1.165, 1.54) is 33.2 Å². The molecule has 1 aliphatic rings. The molecule has 1 aliphatic heterocycles. The lowest BCUT2D eigenvalue weighted by atomic mass is 9.94. The molecule has 2 heterocycles. The third kappa shape index (κ3) is 2.10. The number of nitrogens with one attached hydrogen (secondary N) is 1. The van der Waals surface area contributed by atoms with E-state index < -0.39 is 0 Å². The number of nitrogens with zero attached hydrogens (tertiary/aromatic N) is 1. The average molecular weight is 254 g/mol. The molecule has 0 saturated heterocycles. The van der Waals surface area contributed by atoms with Gasteiger partial charge in [-0.1, -0.05) is 17.7 Å². The van der Waals surface area contributed by atoms with E-state index in [4.69, 9.17) is 0 Å². The van der Waals surface area contributed by atoms with Crippen LogP contribution in [0.2, 0.25) is 0 Å². The van der Waals surface area contributed by atoms with Gasteiger partial charge in [0.1, 0.15) is 0 Å². The fourth-order valence-electron chi connectivity index (χ4n) is 3.07. The van der Waals surface area contributed by atoms with Crippen LogP contribution < -0.4 is 0 Å². The lowest BCUT2D eigenvalue weighted by Gasteiger charge is -2.29. The molecule has 1 N–H and O–H groups in total. The highest BCUT2D eigenvalue weighted by molar-refractivity contribution is 5.95. The van der Waals surface area contributed by atoms with E-state index in [1.54, 1.807) is 0 Å². The Balaban J connectivity index is 2.11. The monoisotopic (exact) mass is 254 g/mol. The van der Waals surface area contributed by atoms with Crippen LogP contribution in [0.4, 0.5) is 0 Å². The number of fused-ring (bicyclic) bond motifs is 1. The van der Waals surface area contributed by atoms with Gasteiger partial charge in [-0.3, -0.25) is 4.90 Å². The van der Waals surface area contributed by atoms with Gasteiger partial charge in [0, 0.05) is 35.2 Å². The quantitative estimate of drug-likeness (QED) is 0.818. The van der Waals surface area contributed by atoms with E-state index >= 15 is 0 Å². The Morgan fingerprint density at radius 1 is 1.26 bits per heavy atom.